The number of hydrogen-bond acceptors (Lipinski definition) is 5. The van der Waals surface area contributed by atoms with Crippen molar-refractivity contribution in [2.24, 2.45) is 0 Å². The fourth-order valence-electron chi connectivity index (χ4n) is 3.16. The van der Waals surface area contributed by atoms with Gasteiger partial charge in [-0.25, -0.2) is 12.8 Å². The Morgan fingerprint density at radius 1 is 1.06 bits per heavy atom. The number of ether oxygens (including phenoxy) is 1. The van der Waals surface area contributed by atoms with Gasteiger partial charge in [0, 0.05) is 18.2 Å². The Morgan fingerprint density at radius 3 is 2.18 bits per heavy atom. The Morgan fingerprint density at radius 2 is 1.67 bits per heavy atom. The summed E-state index contributed by atoms with van der Waals surface area (Å²) in [7, 11) is -2.36. The molecule has 0 aliphatic rings. The molecule has 0 unspecified atom stereocenters. The topological polar surface area (TPSA) is 96.0 Å². The molecule has 2 aromatic carbocycles. The SMILES string of the molecule is COc1ccc(N(CC(=O)N(Cc2ccccc2F)[C@@H](C)C(=O)NC(C)C)S(C)(=O)=O)cc1. The summed E-state index contributed by atoms with van der Waals surface area (Å²) in [6.07, 6.45) is 0.987. The van der Waals surface area contributed by atoms with Crippen LogP contribution in [0.5, 0.6) is 5.75 Å². The van der Waals surface area contributed by atoms with E-state index in [-0.39, 0.29) is 23.8 Å². The summed E-state index contributed by atoms with van der Waals surface area (Å²) in [4.78, 5) is 27.2. The fourth-order valence-corrected chi connectivity index (χ4v) is 4.01. The van der Waals surface area contributed by atoms with Crippen molar-refractivity contribution in [3.63, 3.8) is 0 Å². The smallest absolute Gasteiger partial charge is 0.244 e. The minimum absolute atomic E-state index is 0.169. The predicted molar refractivity (Wildman–Crippen MR) is 125 cm³/mol. The number of carbonyl (C=O) groups excluding carboxylic acids is 2. The van der Waals surface area contributed by atoms with Crippen LogP contribution in [0, 0.1) is 5.82 Å². The molecule has 0 radical (unpaired) electrons. The van der Waals surface area contributed by atoms with Crippen LogP contribution in [0.2, 0.25) is 0 Å². The van der Waals surface area contributed by atoms with Crippen LogP contribution in [-0.2, 0) is 26.2 Å². The van der Waals surface area contributed by atoms with Crippen molar-refractivity contribution in [1.29, 1.82) is 0 Å². The molecule has 10 heteroatoms. The number of nitrogens with one attached hydrogen (secondary N) is 1. The molecule has 8 nitrogen and oxygen atoms in total. The normalized spacial score (nSPS) is 12.2. The molecule has 1 N–H and O–H groups in total. The number of amides is 2. The molecule has 2 aromatic rings. The zero-order valence-corrected chi connectivity index (χ0v) is 20.2. The first-order valence-electron chi connectivity index (χ1n) is 10.4. The van der Waals surface area contributed by atoms with Gasteiger partial charge in [0.05, 0.1) is 19.1 Å². The molecule has 0 spiro atoms. The Bertz CT molecular complexity index is 1070. The monoisotopic (exact) mass is 479 g/mol. The summed E-state index contributed by atoms with van der Waals surface area (Å²) in [5.74, 6) is -1.07. The average Bonchev–Trinajstić information content (AvgIpc) is 2.75. The van der Waals surface area contributed by atoms with Gasteiger partial charge < -0.3 is 15.0 Å². The van der Waals surface area contributed by atoms with Crippen LogP contribution >= 0.6 is 0 Å². The highest BCUT2D eigenvalue weighted by Crippen LogP contribution is 2.22. The van der Waals surface area contributed by atoms with Crippen molar-refractivity contribution in [2.45, 2.75) is 39.4 Å². The number of rotatable bonds is 10. The quantitative estimate of drug-likeness (QED) is 0.565. The molecule has 0 saturated carbocycles. The van der Waals surface area contributed by atoms with Gasteiger partial charge in [-0.05, 0) is 51.1 Å². The van der Waals surface area contributed by atoms with E-state index < -0.39 is 40.2 Å². The maximum atomic E-state index is 14.3. The first kappa shape index (κ1) is 26.1. The highest BCUT2D eigenvalue weighted by molar-refractivity contribution is 7.92. The third kappa shape index (κ3) is 7.18. The zero-order valence-electron chi connectivity index (χ0n) is 19.4. The van der Waals surface area contributed by atoms with Gasteiger partial charge in [-0.15, -0.1) is 0 Å². The van der Waals surface area contributed by atoms with E-state index >= 15 is 0 Å². The first-order chi connectivity index (χ1) is 15.4. The summed E-state index contributed by atoms with van der Waals surface area (Å²) >= 11 is 0. The molecule has 0 bridgehead atoms. The number of nitrogens with zero attached hydrogens (tertiary/aromatic N) is 2. The zero-order chi connectivity index (χ0) is 24.8. The van der Waals surface area contributed by atoms with Crippen LogP contribution in [0.1, 0.15) is 26.3 Å². The number of benzene rings is 2. The van der Waals surface area contributed by atoms with Crippen molar-refractivity contribution in [1.82, 2.24) is 10.2 Å². The minimum Gasteiger partial charge on any atom is -0.497 e. The van der Waals surface area contributed by atoms with Gasteiger partial charge in [-0.2, -0.15) is 0 Å². The molecule has 0 saturated heterocycles. The van der Waals surface area contributed by atoms with Crippen molar-refractivity contribution >= 4 is 27.5 Å². The van der Waals surface area contributed by atoms with Crippen LogP contribution in [0.4, 0.5) is 10.1 Å². The molecule has 0 heterocycles. The van der Waals surface area contributed by atoms with Gasteiger partial charge in [-0.3, -0.25) is 13.9 Å². The lowest BCUT2D eigenvalue weighted by molar-refractivity contribution is -0.139. The number of carbonyl (C=O) groups is 2. The predicted octanol–water partition coefficient (Wildman–Crippen LogP) is 2.54. The maximum Gasteiger partial charge on any atom is 0.244 e. The third-order valence-electron chi connectivity index (χ3n) is 4.94. The third-order valence-corrected chi connectivity index (χ3v) is 6.08. The minimum atomic E-state index is -3.84. The van der Waals surface area contributed by atoms with E-state index in [4.69, 9.17) is 4.74 Å². The molecule has 2 rings (SSSR count). The van der Waals surface area contributed by atoms with Crippen molar-refractivity contribution < 1.29 is 27.1 Å². The standard InChI is InChI=1S/C23H30FN3O5S/c1-16(2)25-23(29)17(3)26(14-18-8-6-7-9-21(18)24)22(28)15-27(33(5,30)31)19-10-12-20(32-4)13-11-19/h6-13,16-17H,14-15H2,1-5H3,(H,25,29)/t17-/m0/s1. The van der Waals surface area contributed by atoms with E-state index in [1.165, 1.54) is 49.3 Å². The van der Waals surface area contributed by atoms with E-state index in [0.717, 1.165) is 10.6 Å². The molecule has 180 valence electrons. The number of sulfonamides is 1. The maximum absolute atomic E-state index is 14.3. The molecule has 0 aliphatic heterocycles. The second-order valence-electron chi connectivity index (χ2n) is 7.92. The Labute approximate surface area is 194 Å². The van der Waals surface area contributed by atoms with Crippen molar-refractivity contribution in [3.8, 4) is 5.75 Å². The summed E-state index contributed by atoms with van der Waals surface area (Å²) in [5, 5.41) is 2.73. The molecule has 0 fully saturated rings. The summed E-state index contributed by atoms with van der Waals surface area (Å²) in [5.41, 5.74) is 0.474. The highest BCUT2D eigenvalue weighted by Gasteiger charge is 2.30. The van der Waals surface area contributed by atoms with Crippen LogP contribution < -0.4 is 14.4 Å². The molecule has 0 aliphatic carbocycles. The Hall–Kier alpha value is -3.14. The Balaban J connectivity index is 2.39. The van der Waals surface area contributed by atoms with Gasteiger partial charge in [0.15, 0.2) is 0 Å². The molecule has 0 aromatic heterocycles. The number of hydrogen-bond donors (Lipinski definition) is 1. The van der Waals surface area contributed by atoms with E-state index in [0.29, 0.717) is 5.75 Å². The summed E-state index contributed by atoms with van der Waals surface area (Å²) < 4.78 is 45.3. The van der Waals surface area contributed by atoms with Gasteiger partial charge >= 0.3 is 0 Å². The largest absolute Gasteiger partial charge is 0.497 e. The van der Waals surface area contributed by atoms with Crippen LogP contribution in [0.3, 0.4) is 0 Å². The molecular weight excluding hydrogens is 449 g/mol. The molecule has 33 heavy (non-hydrogen) atoms. The van der Waals surface area contributed by atoms with Crippen LogP contribution in [0.15, 0.2) is 48.5 Å². The molecular formula is C23H30FN3O5S. The second kappa shape index (κ2) is 11.1. The van der Waals surface area contributed by atoms with Crippen molar-refractivity contribution in [3.05, 3.63) is 59.9 Å². The lowest BCUT2D eigenvalue weighted by Gasteiger charge is -2.32. The number of halogens is 1. The van der Waals surface area contributed by atoms with E-state index in [1.807, 2.05) is 0 Å². The van der Waals surface area contributed by atoms with Gasteiger partial charge in [0.25, 0.3) is 0 Å². The number of methoxy groups -OCH3 is 1. The van der Waals surface area contributed by atoms with Gasteiger partial charge in [0.1, 0.15) is 24.2 Å². The molecule has 2 amide bonds. The molecule has 1 atom stereocenters. The van der Waals surface area contributed by atoms with Gasteiger partial charge in [0.2, 0.25) is 21.8 Å². The lowest BCUT2D eigenvalue weighted by Crippen LogP contribution is -2.52. The summed E-state index contributed by atoms with van der Waals surface area (Å²) in [6, 6.07) is 11.0. The summed E-state index contributed by atoms with van der Waals surface area (Å²) in [6.45, 7) is 4.33. The number of anilines is 1. The van der Waals surface area contributed by atoms with Crippen LogP contribution in [0.25, 0.3) is 0 Å². The average molecular weight is 480 g/mol. The van der Waals surface area contributed by atoms with Crippen LogP contribution in [-0.4, -0.2) is 57.1 Å². The van der Waals surface area contributed by atoms with Crippen molar-refractivity contribution in [2.75, 3.05) is 24.2 Å². The lowest BCUT2D eigenvalue weighted by atomic mass is 10.1. The van der Waals surface area contributed by atoms with E-state index in [2.05, 4.69) is 5.32 Å². The fraction of sp³-hybridized carbons (Fsp3) is 0.391. The van der Waals surface area contributed by atoms with E-state index in [1.54, 1.807) is 32.0 Å². The Kier molecular flexibility index (Phi) is 8.81. The van der Waals surface area contributed by atoms with E-state index in [9.17, 15) is 22.4 Å². The van der Waals surface area contributed by atoms with Gasteiger partial charge in [-0.1, -0.05) is 18.2 Å². The first-order valence-corrected chi connectivity index (χ1v) is 12.2. The highest BCUT2D eigenvalue weighted by atomic mass is 32.2. The second-order valence-corrected chi connectivity index (χ2v) is 9.83.